The van der Waals surface area contributed by atoms with E-state index in [4.69, 9.17) is 0 Å². The highest BCUT2D eigenvalue weighted by atomic mass is 32.2. The summed E-state index contributed by atoms with van der Waals surface area (Å²) in [6, 6.07) is 12.1. The van der Waals surface area contributed by atoms with Crippen molar-refractivity contribution < 1.29 is 22.4 Å². The highest BCUT2D eigenvalue weighted by Crippen LogP contribution is 2.32. The molecule has 0 radical (unpaired) electrons. The minimum Gasteiger partial charge on any atom is -0.328 e. The zero-order valence-corrected chi connectivity index (χ0v) is 18.0. The standard InChI is InChI=1S/C22H25FN2O4S/c1-15(2)17-9-7-16(8-10-17)13-20(26)25-12-11-22(25,3)21(27)24-30(28,29)19-6-4-5-18(23)14-19/h4-10,14-15H,11-13H2,1-3H3,(H,24,27). The summed E-state index contributed by atoms with van der Waals surface area (Å²) in [5.41, 5.74) is 0.725. The number of halogens is 1. The molecule has 0 aromatic heterocycles. The van der Waals surface area contributed by atoms with E-state index in [9.17, 15) is 22.4 Å². The van der Waals surface area contributed by atoms with Gasteiger partial charge in [0.15, 0.2) is 0 Å². The molecule has 3 rings (SSSR count). The molecular weight excluding hydrogens is 407 g/mol. The molecule has 0 saturated carbocycles. The van der Waals surface area contributed by atoms with Crippen molar-refractivity contribution in [3.63, 3.8) is 0 Å². The molecule has 0 spiro atoms. The number of nitrogens with one attached hydrogen (secondary N) is 1. The number of amides is 2. The summed E-state index contributed by atoms with van der Waals surface area (Å²) in [5.74, 6) is -1.39. The van der Waals surface area contributed by atoms with Gasteiger partial charge in [0.1, 0.15) is 11.4 Å². The molecule has 1 fully saturated rings. The molecule has 2 amide bonds. The van der Waals surface area contributed by atoms with Crippen molar-refractivity contribution in [3.05, 3.63) is 65.5 Å². The summed E-state index contributed by atoms with van der Waals surface area (Å²) in [4.78, 5) is 26.5. The summed E-state index contributed by atoms with van der Waals surface area (Å²) < 4.78 is 40.2. The van der Waals surface area contributed by atoms with E-state index >= 15 is 0 Å². The van der Waals surface area contributed by atoms with E-state index in [0.29, 0.717) is 18.9 Å². The molecule has 6 nitrogen and oxygen atoms in total. The molecule has 1 atom stereocenters. The second kappa shape index (κ2) is 8.18. The number of hydrogen-bond acceptors (Lipinski definition) is 4. The highest BCUT2D eigenvalue weighted by Gasteiger charge is 2.50. The van der Waals surface area contributed by atoms with E-state index in [1.54, 1.807) is 0 Å². The average molecular weight is 433 g/mol. The van der Waals surface area contributed by atoms with Gasteiger partial charge in [0, 0.05) is 6.54 Å². The Balaban J connectivity index is 1.70. The zero-order chi connectivity index (χ0) is 22.1. The number of hydrogen-bond donors (Lipinski definition) is 1. The molecule has 1 unspecified atom stereocenters. The molecule has 2 aromatic rings. The van der Waals surface area contributed by atoms with E-state index in [2.05, 4.69) is 13.8 Å². The smallest absolute Gasteiger partial charge is 0.264 e. The lowest BCUT2D eigenvalue weighted by Crippen LogP contribution is -2.68. The van der Waals surface area contributed by atoms with E-state index in [1.807, 2.05) is 29.0 Å². The number of carbonyl (C=O) groups is 2. The van der Waals surface area contributed by atoms with Crippen LogP contribution in [0.25, 0.3) is 0 Å². The maximum absolute atomic E-state index is 13.4. The van der Waals surface area contributed by atoms with E-state index < -0.39 is 27.3 Å². The van der Waals surface area contributed by atoms with Gasteiger partial charge in [-0.25, -0.2) is 17.5 Å². The molecule has 8 heteroatoms. The van der Waals surface area contributed by atoms with Crippen molar-refractivity contribution in [3.8, 4) is 0 Å². The summed E-state index contributed by atoms with van der Waals surface area (Å²) in [6.45, 7) is 6.07. The van der Waals surface area contributed by atoms with Crippen LogP contribution >= 0.6 is 0 Å². The second-order valence-electron chi connectivity index (χ2n) is 8.03. The van der Waals surface area contributed by atoms with Gasteiger partial charge in [0.05, 0.1) is 11.3 Å². The summed E-state index contributed by atoms with van der Waals surface area (Å²) in [6.07, 6.45) is 0.466. The maximum Gasteiger partial charge on any atom is 0.264 e. The van der Waals surface area contributed by atoms with Crippen molar-refractivity contribution in [1.82, 2.24) is 9.62 Å². The van der Waals surface area contributed by atoms with Crippen molar-refractivity contribution in [1.29, 1.82) is 0 Å². The van der Waals surface area contributed by atoms with Crippen LogP contribution in [0.4, 0.5) is 4.39 Å². The third-order valence-electron chi connectivity index (χ3n) is 5.54. The fourth-order valence-electron chi connectivity index (χ4n) is 3.41. The summed E-state index contributed by atoms with van der Waals surface area (Å²) >= 11 is 0. The Morgan fingerprint density at radius 2 is 1.83 bits per heavy atom. The normalized spacial score (nSPS) is 18.8. The molecule has 0 aliphatic carbocycles. The first-order chi connectivity index (χ1) is 14.0. The van der Waals surface area contributed by atoms with Crippen molar-refractivity contribution in [2.24, 2.45) is 0 Å². The van der Waals surface area contributed by atoms with Gasteiger partial charge in [0.2, 0.25) is 5.91 Å². The van der Waals surface area contributed by atoms with Crippen LogP contribution in [0.15, 0.2) is 53.4 Å². The molecular formula is C22H25FN2O4S. The Hall–Kier alpha value is -2.74. The number of benzene rings is 2. The SMILES string of the molecule is CC(C)c1ccc(CC(=O)N2CCC2(C)C(=O)NS(=O)(=O)c2cccc(F)c2)cc1. The van der Waals surface area contributed by atoms with E-state index in [0.717, 1.165) is 17.7 Å². The number of nitrogens with zero attached hydrogens (tertiary/aromatic N) is 1. The molecule has 1 heterocycles. The summed E-state index contributed by atoms with van der Waals surface area (Å²) in [5, 5.41) is 0. The molecule has 0 bridgehead atoms. The number of likely N-dealkylation sites (tertiary alicyclic amines) is 1. The fraction of sp³-hybridized carbons (Fsp3) is 0.364. The van der Waals surface area contributed by atoms with Gasteiger partial charge in [0.25, 0.3) is 15.9 Å². The van der Waals surface area contributed by atoms with Crippen LogP contribution in [0.1, 0.15) is 44.2 Å². The van der Waals surface area contributed by atoms with Crippen molar-refractivity contribution >= 4 is 21.8 Å². The van der Waals surface area contributed by atoms with Crippen LogP contribution in [0, 0.1) is 5.82 Å². The first kappa shape index (κ1) is 22.0. The monoisotopic (exact) mass is 432 g/mol. The van der Waals surface area contributed by atoms with Gasteiger partial charge >= 0.3 is 0 Å². The predicted molar refractivity (Wildman–Crippen MR) is 111 cm³/mol. The topological polar surface area (TPSA) is 83.6 Å². The van der Waals surface area contributed by atoms with Crippen LogP contribution in [0.2, 0.25) is 0 Å². The van der Waals surface area contributed by atoms with Gasteiger partial charge in [-0.1, -0.05) is 44.2 Å². The van der Waals surface area contributed by atoms with Crippen molar-refractivity contribution in [2.75, 3.05) is 6.54 Å². The lowest BCUT2D eigenvalue weighted by Gasteiger charge is -2.49. The van der Waals surface area contributed by atoms with Crippen LogP contribution < -0.4 is 4.72 Å². The molecule has 1 saturated heterocycles. The predicted octanol–water partition coefficient (Wildman–Crippen LogP) is 2.99. The minimum atomic E-state index is -4.24. The Morgan fingerprint density at radius 3 is 2.37 bits per heavy atom. The number of sulfonamides is 1. The van der Waals surface area contributed by atoms with Gasteiger partial charge in [-0.05, 0) is 48.6 Å². The quantitative estimate of drug-likeness (QED) is 0.761. The van der Waals surface area contributed by atoms with Crippen LogP contribution in [0.3, 0.4) is 0 Å². The largest absolute Gasteiger partial charge is 0.328 e. The maximum atomic E-state index is 13.4. The summed E-state index contributed by atoms with van der Waals surface area (Å²) in [7, 11) is -4.24. The number of rotatable bonds is 6. The van der Waals surface area contributed by atoms with Crippen molar-refractivity contribution in [2.45, 2.75) is 50.0 Å². The molecule has 160 valence electrons. The third kappa shape index (κ3) is 4.38. The van der Waals surface area contributed by atoms with Crippen LogP contribution in [-0.4, -0.2) is 37.2 Å². The van der Waals surface area contributed by atoms with E-state index in [-0.39, 0.29) is 17.2 Å². The second-order valence-corrected chi connectivity index (χ2v) is 9.72. The van der Waals surface area contributed by atoms with Gasteiger partial charge in [-0.2, -0.15) is 0 Å². The Bertz CT molecular complexity index is 1070. The van der Waals surface area contributed by atoms with Crippen LogP contribution in [-0.2, 0) is 26.0 Å². The highest BCUT2D eigenvalue weighted by molar-refractivity contribution is 7.90. The molecule has 30 heavy (non-hydrogen) atoms. The first-order valence-electron chi connectivity index (χ1n) is 9.75. The minimum absolute atomic E-state index is 0.123. The Morgan fingerprint density at radius 1 is 1.17 bits per heavy atom. The lowest BCUT2D eigenvalue weighted by molar-refractivity contribution is -0.156. The number of carbonyl (C=O) groups excluding carboxylic acids is 2. The molecule has 1 aliphatic heterocycles. The lowest BCUT2D eigenvalue weighted by atomic mass is 9.85. The first-order valence-corrected chi connectivity index (χ1v) is 11.2. The fourth-order valence-corrected chi connectivity index (χ4v) is 4.52. The average Bonchev–Trinajstić information content (AvgIpc) is 2.66. The van der Waals surface area contributed by atoms with Gasteiger partial charge < -0.3 is 4.90 Å². The molecule has 1 aliphatic rings. The van der Waals surface area contributed by atoms with Crippen LogP contribution in [0.5, 0.6) is 0 Å². The van der Waals surface area contributed by atoms with E-state index in [1.165, 1.54) is 29.5 Å². The Kier molecular flexibility index (Phi) is 5.99. The molecule has 2 aromatic carbocycles. The molecule has 1 N–H and O–H groups in total. The van der Waals surface area contributed by atoms with Gasteiger partial charge in [-0.15, -0.1) is 0 Å². The Labute approximate surface area is 176 Å². The third-order valence-corrected chi connectivity index (χ3v) is 6.87. The zero-order valence-electron chi connectivity index (χ0n) is 17.2. The van der Waals surface area contributed by atoms with Gasteiger partial charge in [-0.3, -0.25) is 9.59 Å².